The minimum atomic E-state index is -0.0216. The number of thiazole rings is 1. The van der Waals surface area contributed by atoms with Gasteiger partial charge in [0.2, 0.25) is 10.8 Å². The summed E-state index contributed by atoms with van der Waals surface area (Å²) < 4.78 is 1.53. The molecule has 1 aliphatic heterocycles. The van der Waals surface area contributed by atoms with Gasteiger partial charge in [-0.3, -0.25) is 0 Å². The summed E-state index contributed by atoms with van der Waals surface area (Å²) in [6.07, 6.45) is 0. The van der Waals surface area contributed by atoms with E-state index in [9.17, 15) is 5.11 Å². The first kappa shape index (κ1) is 18.0. The maximum Gasteiger partial charge on any atom is 0.235 e. The molecule has 9 heteroatoms. The Balaban J connectivity index is 1.82. The summed E-state index contributed by atoms with van der Waals surface area (Å²) in [6.45, 7) is 6.04. The van der Waals surface area contributed by atoms with E-state index in [2.05, 4.69) is 17.1 Å². The number of fused-ring (bicyclic) bond motifs is 1. The lowest BCUT2D eigenvalue weighted by Crippen LogP contribution is -3.27. The van der Waals surface area contributed by atoms with Crippen LogP contribution in [-0.2, 0) is 0 Å². The summed E-state index contributed by atoms with van der Waals surface area (Å²) in [7, 11) is 2.22. The van der Waals surface area contributed by atoms with E-state index in [4.69, 9.17) is 23.2 Å². The second-order valence-corrected chi connectivity index (χ2v) is 8.69. The first-order valence-corrected chi connectivity index (χ1v) is 10.2. The summed E-state index contributed by atoms with van der Waals surface area (Å²) >= 11 is 13.9. The van der Waals surface area contributed by atoms with Crippen LogP contribution in [0.25, 0.3) is 4.96 Å². The molecule has 1 atom stereocenters. The Morgan fingerprint density at radius 2 is 1.92 bits per heavy atom. The van der Waals surface area contributed by atoms with E-state index in [0.29, 0.717) is 20.8 Å². The van der Waals surface area contributed by atoms with Gasteiger partial charge in [-0.25, -0.2) is 4.98 Å². The van der Waals surface area contributed by atoms with Gasteiger partial charge in [0.1, 0.15) is 36.9 Å². The van der Waals surface area contributed by atoms with Crippen LogP contribution in [0.15, 0.2) is 18.2 Å². The molecule has 0 amide bonds. The van der Waals surface area contributed by atoms with E-state index in [-0.39, 0.29) is 11.9 Å². The van der Waals surface area contributed by atoms with Crippen molar-refractivity contribution < 1.29 is 14.9 Å². The minimum absolute atomic E-state index is 0.0216. The second-order valence-electron chi connectivity index (χ2n) is 6.87. The molecular formula is C17H21Cl2N5OS+2. The number of hydrogen-bond donors (Lipinski definition) is 3. The zero-order chi connectivity index (χ0) is 18.4. The quantitative estimate of drug-likeness (QED) is 0.589. The molecule has 4 rings (SSSR count). The fraction of sp³-hybridized carbons (Fsp3) is 0.412. The number of aromatic hydroxyl groups is 1. The van der Waals surface area contributed by atoms with Gasteiger partial charge in [-0.1, -0.05) is 40.6 Å². The molecule has 3 aromatic rings. The Morgan fingerprint density at radius 1 is 1.19 bits per heavy atom. The van der Waals surface area contributed by atoms with Crippen LogP contribution in [-0.4, -0.2) is 52.9 Å². The number of rotatable bonds is 3. The van der Waals surface area contributed by atoms with Crippen molar-refractivity contribution in [3.05, 3.63) is 44.5 Å². The molecule has 0 saturated carbocycles. The van der Waals surface area contributed by atoms with Crippen molar-refractivity contribution in [2.75, 3.05) is 33.2 Å². The van der Waals surface area contributed by atoms with E-state index in [0.717, 1.165) is 36.6 Å². The van der Waals surface area contributed by atoms with Crippen LogP contribution in [0.5, 0.6) is 5.88 Å². The molecule has 1 saturated heterocycles. The molecule has 0 unspecified atom stereocenters. The maximum atomic E-state index is 10.8. The molecule has 0 bridgehead atoms. The number of hydrogen-bond acceptors (Lipinski definition) is 4. The summed E-state index contributed by atoms with van der Waals surface area (Å²) in [5.74, 6) is 0.820. The largest absolute Gasteiger partial charge is 0.492 e. The molecule has 0 spiro atoms. The van der Waals surface area contributed by atoms with Gasteiger partial charge in [0.25, 0.3) is 0 Å². The fourth-order valence-electron chi connectivity index (χ4n) is 3.59. The number of piperazine rings is 1. The normalized spacial score (nSPS) is 22.0. The molecule has 1 fully saturated rings. The highest BCUT2D eigenvalue weighted by molar-refractivity contribution is 7.17. The molecule has 0 aliphatic carbocycles. The monoisotopic (exact) mass is 413 g/mol. The Hall–Kier alpha value is -1.38. The molecule has 2 aromatic heterocycles. The third kappa shape index (κ3) is 3.18. The number of quaternary nitrogens is 2. The number of aromatic nitrogens is 3. The number of likely N-dealkylation sites (N-methyl/N-ethyl adjacent to an activating group) is 1. The van der Waals surface area contributed by atoms with Crippen molar-refractivity contribution >= 4 is 39.5 Å². The van der Waals surface area contributed by atoms with E-state index in [1.165, 1.54) is 25.7 Å². The standard InChI is InChI=1S/C17H19Cl2N5OS/c1-10-20-17-24(21-10)16(25)15(26-17)14(23-7-5-22(2)6-8-23)11-3-4-12(18)13(19)9-11/h3-4,9,14,25H,5-8H2,1-2H3/p+2/t14-/m0/s1. The highest BCUT2D eigenvalue weighted by atomic mass is 35.5. The third-order valence-corrected chi connectivity index (χ3v) is 6.82. The summed E-state index contributed by atoms with van der Waals surface area (Å²) in [4.78, 5) is 8.92. The van der Waals surface area contributed by atoms with Gasteiger partial charge in [0.05, 0.1) is 17.1 Å². The Labute approximate surface area is 165 Å². The average molecular weight is 414 g/mol. The molecule has 26 heavy (non-hydrogen) atoms. The molecule has 6 nitrogen and oxygen atoms in total. The van der Waals surface area contributed by atoms with Crippen molar-refractivity contribution in [2.45, 2.75) is 13.0 Å². The Kier molecular flexibility index (Phi) is 4.83. The van der Waals surface area contributed by atoms with Crippen LogP contribution in [0.2, 0.25) is 10.0 Å². The van der Waals surface area contributed by atoms with Crippen LogP contribution < -0.4 is 9.80 Å². The lowest BCUT2D eigenvalue weighted by atomic mass is 10.0. The zero-order valence-corrected chi connectivity index (χ0v) is 16.9. The summed E-state index contributed by atoms with van der Waals surface area (Å²) in [5, 5.41) is 16.2. The molecule has 138 valence electrons. The van der Waals surface area contributed by atoms with Crippen molar-refractivity contribution in [1.82, 2.24) is 14.6 Å². The van der Waals surface area contributed by atoms with Gasteiger partial charge in [-0.05, 0) is 19.1 Å². The van der Waals surface area contributed by atoms with E-state index in [1.54, 1.807) is 0 Å². The topological polar surface area (TPSA) is 59.3 Å². The molecule has 3 N–H and O–H groups in total. The highest BCUT2D eigenvalue weighted by Crippen LogP contribution is 2.36. The lowest BCUT2D eigenvalue weighted by Gasteiger charge is -2.33. The fourth-order valence-corrected chi connectivity index (χ4v) is 5.08. The van der Waals surface area contributed by atoms with Gasteiger partial charge in [-0.15, -0.1) is 5.10 Å². The van der Waals surface area contributed by atoms with Crippen LogP contribution in [0.3, 0.4) is 0 Å². The average Bonchev–Trinajstić information content (AvgIpc) is 3.11. The summed E-state index contributed by atoms with van der Waals surface area (Å²) in [6, 6.07) is 5.71. The van der Waals surface area contributed by atoms with Crippen LogP contribution >= 0.6 is 34.5 Å². The van der Waals surface area contributed by atoms with Crippen molar-refractivity contribution in [1.29, 1.82) is 0 Å². The van der Waals surface area contributed by atoms with Gasteiger partial charge < -0.3 is 14.9 Å². The van der Waals surface area contributed by atoms with Gasteiger partial charge in [0, 0.05) is 5.56 Å². The number of nitrogens with one attached hydrogen (secondary N) is 2. The van der Waals surface area contributed by atoms with Crippen molar-refractivity contribution in [3.63, 3.8) is 0 Å². The zero-order valence-electron chi connectivity index (χ0n) is 14.6. The van der Waals surface area contributed by atoms with Gasteiger partial charge in [0.15, 0.2) is 6.04 Å². The second kappa shape index (κ2) is 6.98. The maximum absolute atomic E-state index is 10.8. The summed E-state index contributed by atoms with van der Waals surface area (Å²) in [5.41, 5.74) is 1.05. The molecule has 3 heterocycles. The first-order chi connectivity index (χ1) is 12.4. The Bertz CT molecular complexity index is 948. The predicted octanol–water partition coefficient (Wildman–Crippen LogP) is 0.614. The number of halogens is 2. The Morgan fingerprint density at radius 3 is 2.58 bits per heavy atom. The van der Waals surface area contributed by atoms with E-state index < -0.39 is 0 Å². The predicted molar refractivity (Wildman–Crippen MR) is 103 cm³/mol. The highest BCUT2D eigenvalue weighted by Gasteiger charge is 2.35. The number of aryl methyl sites for hydroxylation is 1. The van der Waals surface area contributed by atoms with Crippen LogP contribution in [0.1, 0.15) is 22.3 Å². The van der Waals surface area contributed by atoms with E-state index >= 15 is 0 Å². The first-order valence-electron chi connectivity index (χ1n) is 8.60. The van der Waals surface area contributed by atoms with Gasteiger partial charge in [-0.2, -0.15) is 4.52 Å². The number of nitrogens with zero attached hydrogens (tertiary/aromatic N) is 3. The van der Waals surface area contributed by atoms with Gasteiger partial charge >= 0.3 is 0 Å². The number of benzene rings is 1. The SMILES string of the molecule is Cc1nc2sc([C@H](c3ccc(Cl)c(Cl)c3)[NH+]3CC[NH+](C)CC3)c(O)n2n1. The smallest absolute Gasteiger partial charge is 0.235 e. The van der Waals surface area contributed by atoms with E-state index in [1.807, 2.05) is 25.1 Å². The van der Waals surface area contributed by atoms with Crippen molar-refractivity contribution in [3.8, 4) is 5.88 Å². The van der Waals surface area contributed by atoms with Crippen molar-refractivity contribution in [2.24, 2.45) is 0 Å². The lowest BCUT2D eigenvalue weighted by molar-refractivity contribution is -1.02. The van der Waals surface area contributed by atoms with Crippen LogP contribution in [0.4, 0.5) is 0 Å². The molecular weight excluding hydrogens is 393 g/mol. The van der Waals surface area contributed by atoms with Crippen LogP contribution in [0, 0.1) is 6.92 Å². The molecule has 1 aliphatic rings. The molecule has 0 radical (unpaired) electrons. The minimum Gasteiger partial charge on any atom is -0.492 e. The third-order valence-electron chi connectivity index (χ3n) is 5.00. The molecule has 1 aromatic carbocycles.